The number of nitrogens with one attached hydrogen (secondary N) is 2. The van der Waals surface area contributed by atoms with Gasteiger partial charge in [-0.1, -0.05) is 46.0 Å². The van der Waals surface area contributed by atoms with Gasteiger partial charge in [0.1, 0.15) is 0 Å². The maximum Gasteiger partial charge on any atom is 0.0249 e. The van der Waals surface area contributed by atoms with Gasteiger partial charge in [-0.25, -0.2) is 0 Å². The van der Waals surface area contributed by atoms with Crippen molar-refractivity contribution in [2.75, 3.05) is 19.6 Å². The van der Waals surface area contributed by atoms with Crippen LogP contribution in [0.15, 0.2) is 0 Å². The molecular weight excluding hydrogens is 196 g/mol. The molecule has 0 aromatic rings. The first kappa shape index (κ1) is 15.9. The first-order valence-electron chi connectivity index (χ1n) is 7.08. The fourth-order valence-corrected chi connectivity index (χ4v) is 1.97. The average Bonchev–Trinajstić information content (AvgIpc) is 2.22. The van der Waals surface area contributed by atoms with Crippen molar-refractivity contribution in [2.24, 2.45) is 0 Å². The standard InChI is InChI=1S/C14H32N2/c1-5-7-8-9-10-11-12-15-13-14(3,4)16-6-2/h15-16H,5-13H2,1-4H3. The fourth-order valence-electron chi connectivity index (χ4n) is 1.97. The van der Waals surface area contributed by atoms with Crippen LogP contribution in [0, 0.1) is 0 Å². The molecule has 0 atom stereocenters. The molecule has 0 aromatic heterocycles. The minimum atomic E-state index is 0.233. The zero-order valence-corrected chi connectivity index (χ0v) is 11.9. The minimum absolute atomic E-state index is 0.233. The van der Waals surface area contributed by atoms with Crippen LogP contribution in [0.2, 0.25) is 0 Å². The van der Waals surface area contributed by atoms with Gasteiger partial charge in [0.25, 0.3) is 0 Å². The highest BCUT2D eigenvalue weighted by Gasteiger charge is 2.14. The van der Waals surface area contributed by atoms with E-state index in [4.69, 9.17) is 0 Å². The Balaban J connectivity index is 3.20. The van der Waals surface area contributed by atoms with Crippen LogP contribution in [0.4, 0.5) is 0 Å². The highest BCUT2D eigenvalue weighted by Crippen LogP contribution is 2.04. The van der Waals surface area contributed by atoms with Crippen molar-refractivity contribution in [3.8, 4) is 0 Å². The second kappa shape index (κ2) is 10.1. The van der Waals surface area contributed by atoms with Crippen molar-refractivity contribution < 1.29 is 0 Å². The van der Waals surface area contributed by atoms with Gasteiger partial charge in [-0.3, -0.25) is 0 Å². The lowest BCUT2D eigenvalue weighted by Crippen LogP contribution is -2.47. The molecule has 0 aliphatic heterocycles. The minimum Gasteiger partial charge on any atom is -0.315 e. The monoisotopic (exact) mass is 228 g/mol. The fraction of sp³-hybridized carbons (Fsp3) is 1.00. The van der Waals surface area contributed by atoms with Crippen molar-refractivity contribution in [3.05, 3.63) is 0 Å². The number of unbranched alkanes of at least 4 members (excludes halogenated alkanes) is 5. The molecule has 0 saturated carbocycles. The zero-order chi connectivity index (χ0) is 12.3. The highest BCUT2D eigenvalue weighted by atomic mass is 15.0. The van der Waals surface area contributed by atoms with Crippen LogP contribution >= 0.6 is 0 Å². The Bertz CT molecular complexity index is 144. The van der Waals surface area contributed by atoms with E-state index in [-0.39, 0.29) is 5.54 Å². The van der Waals surface area contributed by atoms with Gasteiger partial charge in [0.05, 0.1) is 0 Å². The van der Waals surface area contributed by atoms with Crippen LogP contribution in [0.3, 0.4) is 0 Å². The predicted molar refractivity (Wildman–Crippen MR) is 74.0 cm³/mol. The largest absolute Gasteiger partial charge is 0.315 e. The average molecular weight is 228 g/mol. The molecule has 0 unspecified atom stereocenters. The van der Waals surface area contributed by atoms with Crippen LogP contribution in [0.1, 0.15) is 66.2 Å². The van der Waals surface area contributed by atoms with Gasteiger partial charge in [-0.05, 0) is 33.4 Å². The van der Waals surface area contributed by atoms with Crippen LogP contribution in [0.5, 0.6) is 0 Å². The van der Waals surface area contributed by atoms with E-state index < -0.39 is 0 Å². The van der Waals surface area contributed by atoms with Gasteiger partial charge in [-0.15, -0.1) is 0 Å². The molecule has 98 valence electrons. The summed E-state index contributed by atoms with van der Waals surface area (Å²) in [5.74, 6) is 0. The molecule has 0 rings (SSSR count). The number of rotatable bonds is 11. The third kappa shape index (κ3) is 10.4. The third-order valence-electron chi connectivity index (χ3n) is 2.93. The van der Waals surface area contributed by atoms with Crippen LogP contribution < -0.4 is 10.6 Å². The summed E-state index contributed by atoms with van der Waals surface area (Å²) in [5, 5.41) is 7.02. The molecule has 0 spiro atoms. The summed E-state index contributed by atoms with van der Waals surface area (Å²) in [6.45, 7) is 12.2. The predicted octanol–water partition coefficient (Wildman–Crippen LogP) is 3.32. The summed E-state index contributed by atoms with van der Waals surface area (Å²) >= 11 is 0. The Morgan fingerprint density at radius 1 is 0.875 bits per heavy atom. The summed E-state index contributed by atoms with van der Waals surface area (Å²) in [5.41, 5.74) is 0.233. The topological polar surface area (TPSA) is 24.1 Å². The molecular formula is C14H32N2. The maximum atomic E-state index is 3.54. The lowest BCUT2D eigenvalue weighted by Gasteiger charge is -2.26. The van der Waals surface area contributed by atoms with Crippen molar-refractivity contribution in [2.45, 2.75) is 71.8 Å². The van der Waals surface area contributed by atoms with Gasteiger partial charge in [0.2, 0.25) is 0 Å². The molecule has 0 aromatic carbocycles. The van der Waals surface area contributed by atoms with Gasteiger partial charge in [0, 0.05) is 12.1 Å². The SMILES string of the molecule is CCCCCCCCNCC(C)(C)NCC. The molecule has 0 fully saturated rings. The Morgan fingerprint density at radius 2 is 1.50 bits per heavy atom. The van der Waals surface area contributed by atoms with Gasteiger partial charge in [0.15, 0.2) is 0 Å². The normalized spacial score (nSPS) is 12.0. The smallest absolute Gasteiger partial charge is 0.0249 e. The van der Waals surface area contributed by atoms with Crippen LogP contribution in [-0.2, 0) is 0 Å². The first-order chi connectivity index (χ1) is 7.62. The molecule has 0 saturated heterocycles. The molecule has 16 heavy (non-hydrogen) atoms. The maximum absolute atomic E-state index is 3.54. The summed E-state index contributed by atoms with van der Waals surface area (Å²) in [6.07, 6.45) is 8.28. The Morgan fingerprint density at radius 3 is 2.12 bits per heavy atom. The van der Waals surface area contributed by atoms with Gasteiger partial charge in [-0.2, -0.15) is 0 Å². The molecule has 0 amide bonds. The van der Waals surface area contributed by atoms with Gasteiger partial charge < -0.3 is 10.6 Å². The molecule has 0 aliphatic rings. The van der Waals surface area contributed by atoms with E-state index >= 15 is 0 Å². The Labute approximate surface area is 103 Å². The van der Waals surface area contributed by atoms with Crippen LogP contribution in [0.25, 0.3) is 0 Å². The quantitative estimate of drug-likeness (QED) is 0.530. The van der Waals surface area contributed by atoms with E-state index in [9.17, 15) is 0 Å². The second-order valence-corrected chi connectivity index (χ2v) is 5.36. The molecule has 0 radical (unpaired) electrons. The molecule has 0 bridgehead atoms. The van der Waals surface area contributed by atoms with E-state index in [1.54, 1.807) is 0 Å². The summed E-state index contributed by atoms with van der Waals surface area (Å²) in [7, 11) is 0. The van der Waals surface area contributed by atoms with E-state index in [2.05, 4.69) is 38.3 Å². The zero-order valence-electron chi connectivity index (χ0n) is 11.9. The first-order valence-corrected chi connectivity index (χ1v) is 7.08. The molecule has 2 N–H and O–H groups in total. The van der Waals surface area contributed by atoms with E-state index in [0.29, 0.717) is 0 Å². The molecule has 0 aliphatic carbocycles. The lowest BCUT2D eigenvalue weighted by molar-refractivity contribution is 0.371. The summed E-state index contributed by atoms with van der Waals surface area (Å²) in [6, 6.07) is 0. The number of hydrogen-bond donors (Lipinski definition) is 2. The highest BCUT2D eigenvalue weighted by molar-refractivity contribution is 4.79. The Kier molecular flexibility index (Phi) is 10.0. The molecule has 2 heteroatoms. The molecule has 0 heterocycles. The van der Waals surface area contributed by atoms with E-state index in [1.165, 1.54) is 45.1 Å². The van der Waals surface area contributed by atoms with Gasteiger partial charge >= 0.3 is 0 Å². The summed E-state index contributed by atoms with van der Waals surface area (Å²) < 4.78 is 0. The molecule has 2 nitrogen and oxygen atoms in total. The van der Waals surface area contributed by atoms with Crippen molar-refractivity contribution in [1.29, 1.82) is 0 Å². The van der Waals surface area contributed by atoms with Crippen molar-refractivity contribution >= 4 is 0 Å². The second-order valence-electron chi connectivity index (χ2n) is 5.36. The lowest BCUT2D eigenvalue weighted by atomic mass is 10.1. The van der Waals surface area contributed by atoms with E-state index in [1.807, 2.05) is 0 Å². The van der Waals surface area contributed by atoms with Crippen LogP contribution in [-0.4, -0.2) is 25.2 Å². The van der Waals surface area contributed by atoms with E-state index in [0.717, 1.165) is 13.1 Å². The summed E-state index contributed by atoms with van der Waals surface area (Å²) in [4.78, 5) is 0. The third-order valence-corrected chi connectivity index (χ3v) is 2.93. The van der Waals surface area contributed by atoms with Crippen molar-refractivity contribution in [3.63, 3.8) is 0 Å². The Hall–Kier alpha value is -0.0800. The van der Waals surface area contributed by atoms with Crippen molar-refractivity contribution in [1.82, 2.24) is 10.6 Å². The number of likely N-dealkylation sites (N-methyl/N-ethyl adjacent to an activating group) is 1. The number of hydrogen-bond acceptors (Lipinski definition) is 2.